The van der Waals surface area contributed by atoms with E-state index >= 15 is 0 Å². The third-order valence-corrected chi connectivity index (χ3v) is 6.42. The normalized spacial score (nSPS) is 13.6. The third kappa shape index (κ3) is 3.54. The van der Waals surface area contributed by atoms with Crippen LogP contribution in [0.2, 0.25) is 0 Å². The number of rotatable bonds is 3. The summed E-state index contributed by atoms with van der Waals surface area (Å²) in [5.41, 5.74) is 1.84. The van der Waals surface area contributed by atoms with Crippen molar-refractivity contribution >= 4 is 33.4 Å². The van der Waals surface area contributed by atoms with Crippen molar-refractivity contribution in [3.05, 3.63) is 83.7 Å². The first-order valence-electron chi connectivity index (χ1n) is 8.33. The maximum absolute atomic E-state index is 13.2. The Balaban J connectivity index is 1.87. The van der Waals surface area contributed by atoms with E-state index in [1.165, 1.54) is 36.0 Å². The van der Waals surface area contributed by atoms with E-state index in [4.69, 9.17) is 5.14 Å². The van der Waals surface area contributed by atoms with Crippen molar-refractivity contribution in [1.29, 1.82) is 0 Å². The predicted octanol–water partition coefficient (Wildman–Crippen LogP) is 3.78. The Morgan fingerprint density at radius 3 is 2.39 bits per heavy atom. The van der Waals surface area contributed by atoms with Gasteiger partial charge in [0.2, 0.25) is 10.0 Å². The number of primary sulfonamides is 1. The number of anilines is 1. The van der Waals surface area contributed by atoms with E-state index in [9.17, 15) is 17.6 Å². The number of amides is 1. The molecule has 3 aromatic rings. The van der Waals surface area contributed by atoms with Gasteiger partial charge < -0.3 is 4.90 Å². The number of hydrogen-bond donors (Lipinski definition) is 1. The summed E-state index contributed by atoms with van der Waals surface area (Å²) >= 11 is 1.31. The summed E-state index contributed by atoms with van der Waals surface area (Å²) in [7, 11) is -3.88. The van der Waals surface area contributed by atoms with E-state index in [0.29, 0.717) is 16.1 Å². The minimum atomic E-state index is -3.88. The smallest absolute Gasteiger partial charge is 0.259 e. The second-order valence-corrected chi connectivity index (χ2v) is 8.94. The lowest BCUT2D eigenvalue weighted by atomic mass is 10.1. The molecule has 1 amide bonds. The van der Waals surface area contributed by atoms with Gasteiger partial charge in [0.15, 0.2) is 0 Å². The van der Waals surface area contributed by atoms with E-state index in [1.54, 1.807) is 35.2 Å². The average molecular weight is 414 g/mol. The van der Waals surface area contributed by atoms with Gasteiger partial charge in [0.1, 0.15) is 5.82 Å². The quantitative estimate of drug-likeness (QED) is 0.707. The van der Waals surface area contributed by atoms with Gasteiger partial charge in [-0.3, -0.25) is 4.79 Å². The predicted molar refractivity (Wildman–Crippen MR) is 105 cm³/mol. The molecule has 1 heterocycles. The molecule has 28 heavy (non-hydrogen) atoms. The first-order valence-corrected chi connectivity index (χ1v) is 10.7. The highest BCUT2D eigenvalue weighted by molar-refractivity contribution is 7.99. The molecule has 0 fully saturated rings. The number of nitrogens with zero attached hydrogens (tertiary/aromatic N) is 1. The van der Waals surface area contributed by atoms with Crippen molar-refractivity contribution < 1.29 is 17.6 Å². The zero-order valence-electron chi connectivity index (χ0n) is 14.5. The number of halogens is 1. The third-order valence-electron chi connectivity index (χ3n) is 4.39. The first kappa shape index (κ1) is 18.7. The molecule has 4 rings (SSSR count). The van der Waals surface area contributed by atoms with Crippen LogP contribution in [-0.2, 0) is 16.6 Å². The summed E-state index contributed by atoms with van der Waals surface area (Å²) in [6.45, 7) is 0.218. The average Bonchev–Trinajstić information content (AvgIpc) is 2.78. The molecule has 142 valence electrons. The molecule has 8 heteroatoms. The standard InChI is InChI=1S/C20H15FN2O3S2/c21-14-7-5-13(6-8-14)12-23-17-10-9-15(28(22,25)26)11-19(17)27-18-4-2-1-3-16(18)20(23)24/h1-11H,12H2,(H2,22,25,26). The van der Waals surface area contributed by atoms with Gasteiger partial charge in [0.25, 0.3) is 5.91 Å². The molecule has 2 N–H and O–H groups in total. The second kappa shape index (κ2) is 7.05. The Morgan fingerprint density at radius 2 is 1.68 bits per heavy atom. The largest absolute Gasteiger partial charge is 0.303 e. The first-order chi connectivity index (χ1) is 13.3. The molecule has 0 saturated heterocycles. The Hall–Kier alpha value is -2.68. The summed E-state index contributed by atoms with van der Waals surface area (Å²) in [5.74, 6) is -0.570. The van der Waals surface area contributed by atoms with Gasteiger partial charge in [0, 0.05) is 9.79 Å². The van der Waals surface area contributed by atoms with Gasteiger partial charge in [0.05, 0.1) is 22.7 Å². The number of carbonyl (C=O) groups excluding carboxylic acids is 1. The van der Waals surface area contributed by atoms with E-state index in [0.717, 1.165) is 10.5 Å². The van der Waals surface area contributed by atoms with Crippen LogP contribution in [0.4, 0.5) is 10.1 Å². The summed E-state index contributed by atoms with van der Waals surface area (Å²) < 4.78 is 36.8. The molecule has 0 atom stereocenters. The van der Waals surface area contributed by atoms with E-state index in [2.05, 4.69) is 0 Å². The number of sulfonamides is 1. The summed E-state index contributed by atoms with van der Waals surface area (Å²) in [6.07, 6.45) is 0. The molecule has 5 nitrogen and oxygen atoms in total. The molecule has 0 bridgehead atoms. The highest BCUT2D eigenvalue weighted by Crippen LogP contribution is 2.42. The van der Waals surface area contributed by atoms with Crippen LogP contribution >= 0.6 is 11.8 Å². The van der Waals surface area contributed by atoms with Crippen molar-refractivity contribution in [3.8, 4) is 0 Å². The molecule has 0 saturated carbocycles. The van der Waals surface area contributed by atoms with Crippen LogP contribution in [-0.4, -0.2) is 14.3 Å². The van der Waals surface area contributed by atoms with E-state index in [-0.39, 0.29) is 23.2 Å². The SMILES string of the molecule is NS(=O)(=O)c1ccc2c(c1)Sc1ccccc1C(=O)N2Cc1ccc(F)cc1. The van der Waals surface area contributed by atoms with E-state index < -0.39 is 10.0 Å². The second-order valence-electron chi connectivity index (χ2n) is 6.29. The monoisotopic (exact) mass is 414 g/mol. The van der Waals surface area contributed by atoms with Gasteiger partial charge in [-0.15, -0.1) is 0 Å². The molecule has 0 unspecified atom stereocenters. The number of benzene rings is 3. The van der Waals surface area contributed by atoms with Crippen LogP contribution in [0, 0.1) is 5.82 Å². The number of carbonyl (C=O) groups is 1. The number of fused-ring (bicyclic) bond motifs is 2. The molecule has 1 aliphatic rings. The van der Waals surface area contributed by atoms with Crippen LogP contribution in [0.1, 0.15) is 15.9 Å². The van der Waals surface area contributed by atoms with Crippen molar-refractivity contribution in [1.82, 2.24) is 0 Å². The van der Waals surface area contributed by atoms with E-state index in [1.807, 2.05) is 12.1 Å². The van der Waals surface area contributed by atoms with Crippen LogP contribution < -0.4 is 10.0 Å². The van der Waals surface area contributed by atoms with Crippen LogP contribution in [0.25, 0.3) is 0 Å². The topological polar surface area (TPSA) is 80.5 Å². The lowest BCUT2D eigenvalue weighted by Gasteiger charge is -2.23. The molecular formula is C20H15FN2O3S2. The van der Waals surface area contributed by atoms with Gasteiger partial charge in [-0.1, -0.05) is 36.0 Å². The molecule has 3 aromatic carbocycles. The van der Waals surface area contributed by atoms with Crippen molar-refractivity contribution in [2.45, 2.75) is 21.2 Å². The van der Waals surface area contributed by atoms with Crippen molar-refractivity contribution in [2.24, 2.45) is 5.14 Å². The molecule has 1 aliphatic heterocycles. The lowest BCUT2D eigenvalue weighted by molar-refractivity contribution is 0.0982. The maximum atomic E-state index is 13.2. The van der Waals surface area contributed by atoms with Gasteiger partial charge in [-0.2, -0.15) is 0 Å². The highest BCUT2D eigenvalue weighted by Gasteiger charge is 2.28. The van der Waals surface area contributed by atoms with Gasteiger partial charge in [-0.05, 0) is 48.0 Å². The maximum Gasteiger partial charge on any atom is 0.259 e. The number of hydrogen-bond acceptors (Lipinski definition) is 4. The minimum absolute atomic E-state index is 0.0210. The Labute approximate surface area is 166 Å². The summed E-state index contributed by atoms with van der Waals surface area (Å²) in [5, 5.41) is 5.27. The fraction of sp³-hybridized carbons (Fsp3) is 0.0500. The van der Waals surface area contributed by atoms with Gasteiger partial charge in [-0.25, -0.2) is 17.9 Å². The molecule has 0 spiro atoms. The van der Waals surface area contributed by atoms with Gasteiger partial charge >= 0.3 is 0 Å². The Bertz CT molecular complexity index is 1180. The molecule has 0 aromatic heterocycles. The van der Waals surface area contributed by atoms with Crippen molar-refractivity contribution in [3.63, 3.8) is 0 Å². The molecular weight excluding hydrogens is 399 g/mol. The van der Waals surface area contributed by atoms with Crippen LogP contribution in [0.15, 0.2) is 81.4 Å². The fourth-order valence-corrected chi connectivity index (χ4v) is 4.74. The summed E-state index contributed by atoms with van der Waals surface area (Å²) in [6, 6.07) is 17.5. The zero-order valence-corrected chi connectivity index (χ0v) is 16.1. The molecule has 0 radical (unpaired) electrons. The Morgan fingerprint density at radius 1 is 0.964 bits per heavy atom. The fourth-order valence-electron chi connectivity index (χ4n) is 3.01. The van der Waals surface area contributed by atoms with Crippen LogP contribution in [0.5, 0.6) is 0 Å². The summed E-state index contributed by atoms with van der Waals surface area (Å²) in [4.78, 5) is 16.1. The Kier molecular flexibility index (Phi) is 4.70. The van der Waals surface area contributed by atoms with Crippen LogP contribution in [0.3, 0.4) is 0 Å². The number of nitrogens with two attached hydrogens (primary N) is 1. The lowest BCUT2D eigenvalue weighted by Crippen LogP contribution is -2.30. The van der Waals surface area contributed by atoms with Crippen molar-refractivity contribution in [2.75, 3.05) is 4.90 Å². The minimum Gasteiger partial charge on any atom is -0.303 e. The zero-order chi connectivity index (χ0) is 19.9. The highest BCUT2D eigenvalue weighted by atomic mass is 32.2. The molecule has 0 aliphatic carbocycles.